The van der Waals surface area contributed by atoms with Crippen molar-refractivity contribution in [2.24, 2.45) is 0 Å². The van der Waals surface area contributed by atoms with Crippen molar-refractivity contribution in [1.29, 1.82) is 0 Å². The van der Waals surface area contributed by atoms with Crippen LogP contribution in [0.5, 0.6) is 5.75 Å². The van der Waals surface area contributed by atoms with Gasteiger partial charge < -0.3 is 9.64 Å². The predicted octanol–water partition coefficient (Wildman–Crippen LogP) is 2.51. The zero-order valence-electron chi connectivity index (χ0n) is 13.5. The summed E-state index contributed by atoms with van der Waals surface area (Å²) in [7, 11) is 4.00. The molecule has 1 saturated heterocycles. The van der Waals surface area contributed by atoms with Gasteiger partial charge in [-0.3, -0.25) is 10.4 Å². The number of hydrogen-bond donors (Lipinski definition) is 1. The maximum Gasteiger partial charge on any atom is 0.119 e. The number of likely N-dealkylation sites (tertiary alicyclic amines) is 1. The van der Waals surface area contributed by atoms with E-state index in [0.717, 1.165) is 25.3 Å². The largest absolute Gasteiger partial charge is 0.494 e. The summed E-state index contributed by atoms with van der Waals surface area (Å²) in [6.45, 7) is 5.35. The number of piperidine rings is 1. The first-order chi connectivity index (χ1) is 10.2. The summed E-state index contributed by atoms with van der Waals surface area (Å²) in [5, 5.41) is 1.96. The second kappa shape index (κ2) is 9.03. The van der Waals surface area contributed by atoms with Crippen LogP contribution in [0.4, 0.5) is 0 Å². The molecule has 1 N–H and O–H groups in total. The molecule has 0 aliphatic carbocycles. The van der Waals surface area contributed by atoms with Crippen LogP contribution in [0.25, 0.3) is 0 Å². The number of ether oxygens (including phenoxy) is 1. The molecule has 0 amide bonds. The molecule has 1 aliphatic rings. The molecule has 0 radical (unpaired) electrons. The Balaban J connectivity index is 1.66. The van der Waals surface area contributed by atoms with Gasteiger partial charge in [0.15, 0.2) is 0 Å². The van der Waals surface area contributed by atoms with Gasteiger partial charge in [-0.1, -0.05) is 18.6 Å². The van der Waals surface area contributed by atoms with E-state index in [0.29, 0.717) is 0 Å². The van der Waals surface area contributed by atoms with Crippen LogP contribution < -0.4 is 10.2 Å². The first kappa shape index (κ1) is 16.3. The highest BCUT2D eigenvalue weighted by Gasteiger charge is 2.09. The Morgan fingerprint density at radius 1 is 1.19 bits per heavy atom. The lowest BCUT2D eigenvalue weighted by atomic mass is 10.1. The first-order valence-corrected chi connectivity index (χ1v) is 8.09. The average molecular weight is 291 g/mol. The van der Waals surface area contributed by atoms with Crippen molar-refractivity contribution in [3.63, 3.8) is 0 Å². The SMILES string of the molecule is CN(C)NCc1cccc(OCCCN2CCCCC2)c1. The fourth-order valence-electron chi connectivity index (χ4n) is 2.66. The zero-order chi connectivity index (χ0) is 14.9. The molecule has 0 unspecified atom stereocenters. The van der Waals surface area contributed by atoms with Gasteiger partial charge in [0, 0.05) is 27.2 Å². The van der Waals surface area contributed by atoms with Crippen LogP contribution in [0, 0.1) is 0 Å². The molecule has 1 aromatic carbocycles. The van der Waals surface area contributed by atoms with Gasteiger partial charge >= 0.3 is 0 Å². The Labute approximate surface area is 129 Å². The second-order valence-electron chi connectivity index (χ2n) is 5.98. The van der Waals surface area contributed by atoms with Gasteiger partial charge in [-0.15, -0.1) is 0 Å². The van der Waals surface area contributed by atoms with Crippen LogP contribution in [-0.2, 0) is 6.54 Å². The molecule has 0 atom stereocenters. The third-order valence-corrected chi connectivity index (χ3v) is 3.83. The molecule has 118 valence electrons. The Morgan fingerprint density at radius 3 is 2.76 bits per heavy atom. The Morgan fingerprint density at radius 2 is 2.00 bits per heavy atom. The molecule has 0 bridgehead atoms. The Kier molecular flexibility index (Phi) is 7.00. The van der Waals surface area contributed by atoms with Crippen molar-refractivity contribution in [1.82, 2.24) is 15.3 Å². The molecule has 2 rings (SSSR count). The summed E-state index contributed by atoms with van der Waals surface area (Å²) >= 11 is 0. The van der Waals surface area contributed by atoms with Crippen molar-refractivity contribution < 1.29 is 4.74 Å². The van der Waals surface area contributed by atoms with E-state index in [1.165, 1.54) is 44.5 Å². The summed E-state index contributed by atoms with van der Waals surface area (Å²) < 4.78 is 5.88. The number of hydrogen-bond acceptors (Lipinski definition) is 4. The standard InChI is InChI=1S/C17H29N3O/c1-19(2)18-15-16-8-6-9-17(14-16)21-13-7-12-20-10-4-3-5-11-20/h6,8-9,14,18H,3-5,7,10-13,15H2,1-2H3. The van der Waals surface area contributed by atoms with Crippen molar-refractivity contribution in [3.8, 4) is 5.75 Å². The lowest BCUT2D eigenvalue weighted by molar-refractivity contribution is 0.205. The van der Waals surface area contributed by atoms with Crippen LogP contribution in [0.2, 0.25) is 0 Å². The zero-order valence-corrected chi connectivity index (χ0v) is 13.5. The minimum Gasteiger partial charge on any atom is -0.494 e. The van der Waals surface area contributed by atoms with E-state index in [2.05, 4.69) is 28.5 Å². The van der Waals surface area contributed by atoms with E-state index in [-0.39, 0.29) is 0 Å². The fraction of sp³-hybridized carbons (Fsp3) is 0.647. The average Bonchev–Trinajstić information content (AvgIpc) is 2.51. The van der Waals surface area contributed by atoms with Crippen molar-refractivity contribution in [3.05, 3.63) is 29.8 Å². The topological polar surface area (TPSA) is 27.7 Å². The van der Waals surface area contributed by atoms with Gasteiger partial charge in [0.1, 0.15) is 5.75 Å². The van der Waals surface area contributed by atoms with Gasteiger partial charge in [-0.2, -0.15) is 0 Å². The third kappa shape index (κ3) is 6.46. The third-order valence-electron chi connectivity index (χ3n) is 3.83. The molecule has 0 spiro atoms. The number of nitrogens with zero attached hydrogens (tertiary/aromatic N) is 2. The highest BCUT2D eigenvalue weighted by atomic mass is 16.5. The van der Waals surface area contributed by atoms with Crippen LogP contribution in [0.3, 0.4) is 0 Å². The molecule has 1 aliphatic heterocycles. The van der Waals surface area contributed by atoms with Crippen molar-refractivity contribution in [2.75, 3.05) is 40.3 Å². The number of nitrogens with one attached hydrogen (secondary N) is 1. The summed E-state index contributed by atoms with van der Waals surface area (Å²) in [5.41, 5.74) is 4.52. The van der Waals surface area contributed by atoms with E-state index >= 15 is 0 Å². The van der Waals surface area contributed by atoms with Crippen LogP contribution in [-0.4, -0.2) is 50.2 Å². The lowest BCUT2D eigenvalue weighted by Gasteiger charge is -2.26. The number of benzene rings is 1. The van der Waals surface area contributed by atoms with E-state index in [9.17, 15) is 0 Å². The van der Waals surface area contributed by atoms with Crippen molar-refractivity contribution >= 4 is 0 Å². The molecule has 1 aromatic rings. The van der Waals surface area contributed by atoms with E-state index in [1.54, 1.807) is 0 Å². The van der Waals surface area contributed by atoms with Crippen LogP contribution >= 0.6 is 0 Å². The molecule has 1 fully saturated rings. The van der Waals surface area contributed by atoms with Gasteiger partial charge in [0.05, 0.1) is 6.61 Å². The molecule has 4 heteroatoms. The normalized spacial score (nSPS) is 16.3. The maximum atomic E-state index is 5.88. The van der Waals surface area contributed by atoms with Gasteiger partial charge in [-0.05, 0) is 50.0 Å². The highest BCUT2D eigenvalue weighted by Crippen LogP contribution is 2.14. The van der Waals surface area contributed by atoms with Crippen LogP contribution in [0.15, 0.2) is 24.3 Å². The van der Waals surface area contributed by atoms with Gasteiger partial charge in [0.25, 0.3) is 0 Å². The molecule has 0 saturated carbocycles. The second-order valence-corrected chi connectivity index (χ2v) is 5.98. The summed E-state index contributed by atoms with van der Waals surface area (Å²) in [5.74, 6) is 0.978. The number of hydrazine groups is 1. The van der Waals surface area contributed by atoms with E-state index in [1.807, 2.05) is 25.2 Å². The molecule has 4 nitrogen and oxygen atoms in total. The quantitative estimate of drug-likeness (QED) is 0.588. The first-order valence-electron chi connectivity index (χ1n) is 8.09. The Hall–Kier alpha value is -1.10. The Bertz CT molecular complexity index is 403. The van der Waals surface area contributed by atoms with E-state index in [4.69, 9.17) is 4.74 Å². The summed E-state index contributed by atoms with van der Waals surface area (Å²) in [4.78, 5) is 2.56. The molecule has 1 heterocycles. The minimum absolute atomic E-state index is 0.807. The molecular weight excluding hydrogens is 262 g/mol. The van der Waals surface area contributed by atoms with Gasteiger partial charge in [-0.25, -0.2) is 0 Å². The van der Waals surface area contributed by atoms with Crippen molar-refractivity contribution in [2.45, 2.75) is 32.2 Å². The fourth-order valence-corrected chi connectivity index (χ4v) is 2.66. The summed E-state index contributed by atoms with van der Waals surface area (Å²) in [6, 6.07) is 8.35. The lowest BCUT2D eigenvalue weighted by Crippen LogP contribution is -2.31. The van der Waals surface area contributed by atoms with Gasteiger partial charge in [0.2, 0.25) is 0 Å². The number of rotatable bonds is 8. The highest BCUT2D eigenvalue weighted by molar-refractivity contribution is 5.28. The smallest absolute Gasteiger partial charge is 0.119 e. The molecule has 0 aromatic heterocycles. The monoisotopic (exact) mass is 291 g/mol. The van der Waals surface area contributed by atoms with E-state index < -0.39 is 0 Å². The molecule has 21 heavy (non-hydrogen) atoms. The molecular formula is C17H29N3O. The summed E-state index contributed by atoms with van der Waals surface area (Å²) in [6.07, 6.45) is 5.24. The van der Waals surface area contributed by atoms with Crippen LogP contribution in [0.1, 0.15) is 31.2 Å². The minimum atomic E-state index is 0.807. The predicted molar refractivity (Wildman–Crippen MR) is 87.4 cm³/mol. The maximum absolute atomic E-state index is 5.88.